The summed E-state index contributed by atoms with van der Waals surface area (Å²) in [4.78, 5) is 14.6. The number of rotatable bonds is 5. The summed E-state index contributed by atoms with van der Waals surface area (Å²) >= 11 is 0. The maximum absolute atomic E-state index is 14.7. The monoisotopic (exact) mass is 390 g/mol. The Morgan fingerprint density at radius 1 is 0.786 bits per heavy atom. The maximum Gasteiger partial charge on any atom is 0.241 e. The van der Waals surface area contributed by atoms with E-state index in [1.807, 2.05) is 95.7 Å². The lowest BCUT2D eigenvalue weighted by molar-refractivity contribution is -0.128. The largest absolute Gasteiger partial charge is 0.347 e. The number of carbonyl (C=O) groups is 1. The van der Waals surface area contributed by atoms with Crippen molar-refractivity contribution in [3.05, 3.63) is 96.6 Å². The van der Waals surface area contributed by atoms with Crippen LogP contribution in [-0.2, 0) is 9.36 Å². The highest BCUT2D eigenvalue weighted by Crippen LogP contribution is 2.64. The third-order valence-electron chi connectivity index (χ3n) is 5.15. The molecule has 0 aromatic heterocycles. The predicted octanol–water partition coefficient (Wildman–Crippen LogP) is 3.43. The van der Waals surface area contributed by atoms with E-state index in [2.05, 4.69) is 0 Å². The normalized spacial score (nSPS) is 21.1. The molecule has 0 spiro atoms. The standard InChI is InChI=1S/C23H23N2O2P/c1-24(2)23(26)22-21(18-12-6-3-7-13-18)25(22)28(27,19-14-8-4-9-15-19)20-16-10-5-11-17-20/h3-17,21-22H,1-2H3/t21-,22+,25?/m0/s1. The van der Waals surface area contributed by atoms with Gasteiger partial charge in [0.25, 0.3) is 0 Å². The van der Waals surface area contributed by atoms with Crippen molar-refractivity contribution in [2.75, 3.05) is 14.1 Å². The molecule has 0 N–H and O–H groups in total. The molecule has 1 aliphatic heterocycles. The van der Waals surface area contributed by atoms with Gasteiger partial charge in [0.2, 0.25) is 13.2 Å². The van der Waals surface area contributed by atoms with E-state index in [9.17, 15) is 9.36 Å². The Morgan fingerprint density at radius 2 is 1.21 bits per heavy atom. The lowest BCUT2D eigenvalue weighted by Gasteiger charge is -2.22. The molecule has 1 unspecified atom stereocenters. The summed E-state index contributed by atoms with van der Waals surface area (Å²) in [6, 6.07) is 28.2. The highest BCUT2D eigenvalue weighted by Gasteiger charge is 2.62. The second kappa shape index (κ2) is 7.38. The van der Waals surface area contributed by atoms with Crippen molar-refractivity contribution in [1.82, 2.24) is 9.57 Å². The summed E-state index contributed by atoms with van der Waals surface area (Å²) in [5.74, 6) is -0.0269. The third-order valence-corrected chi connectivity index (χ3v) is 8.30. The summed E-state index contributed by atoms with van der Waals surface area (Å²) in [5, 5.41) is 1.49. The average Bonchev–Trinajstić information content (AvgIpc) is 3.50. The summed E-state index contributed by atoms with van der Waals surface area (Å²) in [6.07, 6.45) is 0. The van der Waals surface area contributed by atoms with Crippen LogP contribution in [0.25, 0.3) is 0 Å². The summed E-state index contributed by atoms with van der Waals surface area (Å²) in [6.45, 7) is 0. The van der Waals surface area contributed by atoms with Gasteiger partial charge in [-0.25, -0.2) is 4.67 Å². The van der Waals surface area contributed by atoms with Crippen molar-refractivity contribution in [2.45, 2.75) is 12.1 Å². The number of carbonyl (C=O) groups excluding carboxylic acids is 1. The van der Waals surface area contributed by atoms with Gasteiger partial charge in [0.1, 0.15) is 6.04 Å². The van der Waals surface area contributed by atoms with Gasteiger partial charge in [-0.3, -0.25) is 9.36 Å². The summed E-state index contributed by atoms with van der Waals surface area (Å²) in [5.41, 5.74) is 1.01. The molecule has 0 radical (unpaired) electrons. The van der Waals surface area contributed by atoms with Crippen molar-refractivity contribution in [2.24, 2.45) is 0 Å². The number of hydrogen-bond donors (Lipinski definition) is 0. The molecule has 3 atom stereocenters. The van der Waals surface area contributed by atoms with E-state index >= 15 is 0 Å². The van der Waals surface area contributed by atoms with Crippen molar-refractivity contribution in [3.8, 4) is 0 Å². The second-order valence-corrected chi connectivity index (χ2v) is 9.81. The first-order valence-corrected chi connectivity index (χ1v) is 11.0. The van der Waals surface area contributed by atoms with Crippen LogP contribution in [0.1, 0.15) is 11.6 Å². The molecule has 1 heterocycles. The average molecular weight is 390 g/mol. The van der Waals surface area contributed by atoms with Gasteiger partial charge < -0.3 is 4.90 Å². The molecular weight excluding hydrogens is 367 g/mol. The molecule has 1 saturated heterocycles. The second-order valence-electron chi connectivity index (χ2n) is 7.16. The van der Waals surface area contributed by atoms with Crippen LogP contribution in [0, 0.1) is 0 Å². The van der Waals surface area contributed by atoms with E-state index in [1.165, 1.54) is 0 Å². The molecule has 1 amide bonds. The zero-order valence-corrected chi connectivity index (χ0v) is 16.9. The first kappa shape index (κ1) is 18.7. The SMILES string of the molecule is CN(C)C(=O)[C@H]1[C@H](c2ccccc2)N1P(=O)(c1ccccc1)c1ccccc1. The van der Waals surface area contributed by atoms with Gasteiger partial charge in [-0.05, 0) is 29.8 Å². The number of likely N-dealkylation sites (N-methyl/N-ethyl adjacent to an activating group) is 1. The molecular formula is C23H23N2O2P. The number of amides is 1. The Morgan fingerprint density at radius 3 is 1.64 bits per heavy atom. The van der Waals surface area contributed by atoms with Crippen LogP contribution in [0.3, 0.4) is 0 Å². The predicted molar refractivity (Wildman–Crippen MR) is 113 cm³/mol. The highest BCUT2D eigenvalue weighted by atomic mass is 31.2. The van der Waals surface area contributed by atoms with Gasteiger partial charge in [0, 0.05) is 24.7 Å². The van der Waals surface area contributed by atoms with Crippen molar-refractivity contribution >= 4 is 23.8 Å². The maximum atomic E-state index is 14.7. The van der Waals surface area contributed by atoms with E-state index in [0.717, 1.165) is 16.2 Å². The van der Waals surface area contributed by atoms with Crippen LogP contribution in [0.5, 0.6) is 0 Å². The Bertz CT molecular complexity index is 963. The van der Waals surface area contributed by atoms with E-state index in [0.29, 0.717) is 0 Å². The van der Waals surface area contributed by atoms with Gasteiger partial charge in [-0.15, -0.1) is 0 Å². The van der Waals surface area contributed by atoms with E-state index in [-0.39, 0.29) is 11.9 Å². The first-order valence-electron chi connectivity index (χ1n) is 9.31. The van der Waals surface area contributed by atoms with Gasteiger partial charge in [-0.2, -0.15) is 0 Å². The van der Waals surface area contributed by atoms with Gasteiger partial charge in [-0.1, -0.05) is 66.7 Å². The molecule has 142 valence electrons. The fourth-order valence-corrected chi connectivity index (χ4v) is 6.85. The van der Waals surface area contributed by atoms with Crippen LogP contribution >= 0.6 is 7.29 Å². The van der Waals surface area contributed by atoms with E-state index < -0.39 is 13.3 Å². The van der Waals surface area contributed by atoms with Crippen LogP contribution < -0.4 is 10.6 Å². The summed E-state index contributed by atoms with van der Waals surface area (Å²) in [7, 11) is 0.323. The zero-order chi connectivity index (χ0) is 19.7. The zero-order valence-electron chi connectivity index (χ0n) is 16.0. The Balaban J connectivity index is 1.88. The van der Waals surface area contributed by atoms with Crippen LogP contribution in [-0.4, -0.2) is 35.6 Å². The highest BCUT2D eigenvalue weighted by molar-refractivity contribution is 7.76. The molecule has 0 aliphatic carbocycles. The number of nitrogens with zero attached hydrogens (tertiary/aromatic N) is 2. The number of hydrogen-bond acceptors (Lipinski definition) is 2. The first-order chi connectivity index (χ1) is 13.5. The van der Waals surface area contributed by atoms with E-state index in [1.54, 1.807) is 19.0 Å². The van der Waals surface area contributed by atoms with Crippen molar-refractivity contribution in [3.63, 3.8) is 0 Å². The smallest absolute Gasteiger partial charge is 0.241 e. The summed E-state index contributed by atoms with van der Waals surface area (Å²) < 4.78 is 16.6. The molecule has 28 heavy (non-hydrogen) atoms. The Labute approximate surface area is 165 Å². The topological polar surface area (TPSA) is 40.4 Å². The van der Waals surface area contributed by atoms with Gasteiger partial charge in [0.15, 0.2) is 0 Å². The molecule has 1 fully saturated rings. The molecule has 4 nitrogen and oxygen atoms in total. The van der Waals surface area contributed by atoms with Crippen LogP contribution in [0.2, 0.25) is 0 Å². The lowest BCUT2D eigenvalue weighted by atomic mass is 10.1. The molecule has 3 aromatic rings. The van der Waals surface area contributed by atoms with Crippen LogP contribution in [0.4, 0.5) is 0 Å². The fraction of sp³-hybridized carbons (Fsp3) is 0.174. The molecule has 5 heteroatoms. The van der Waals surface area contributed by atoms with Crippen LogP contribution in [0.15, 0.2) is 91.0 Å². The molecule has 0 bridgehead atoms. The van der Waals surface area contributed by atoms with Crippen molar-refractivity contribution < 1.29 is 9.36 Å². The lowest BCUT2D eigenvalue weighted by Crippen LogP contribution is -2.30. The van der Waals surface area contributed by atoms with E-state index in [4.69, 9.17) is 0 Å². The van der Waals surface area contributed by atoms with Gasteiger partial charge in [0.05, 0.1) is 6.04 Å². The molecule has 1 aliphatic rings. The quantitative estimate of drug-likeness (QED) is 0.495. The molecule has 4 rings (SSSR count). The third kappa shape index (κ3) is 3.09. The fourth-order valence-electron chi connectivity index (χ4n) is 3.74. The Hall–Kier alpha value is -2.68. The molecule has 3 aromatic carbocycles. The van der Waals surface area contributed by atoms with Gasteiger partial charge >= 0.3 is 0 Å². The minimum Gasteiger partial charge on any atom is -0.347 e. The Kier molecular flexibility index (Phi) is 4.92. The molecule has 0 saturated carbocycles. The van der Waals surface area contributed by atoms with Crippen molar-refractivity contribution in [1.29, 1.82) is 0 Å². The minimum atomic E-state index is -3.17. The number of benzene rings is 3. The minimum absolute atomic E-state index is 0.0269.